The number of hydrogen-bond acceptors (Lipinski definition) is 4. The van der Waals surface area contributed by atoms with E-state index in [1.165, 1.54) is 14.2 Å². The van der Waals surface area contributed by atoms with E-state index < -0.39 is 5.97 Å². The smallest absolute Gasteiger partial charge is 0.342 e. The van der Waals surface area contributed by atoms with Crippen LogP contribution < -0.4 is 9.47 Å². The molecule has 0 aliphatic rings. The molecule has 1 aromatic carbocycles. The van der Waals surface area contributed by atoms with Crippen LogP contribution >= 0.6 is 0 Å². The highest BCUT2D eigenvalue weighted by Crippen LogP contribution is 2.30. The third-order valence-electron chi connectivity index (χ3n) is 3.03. The molecule has 0 saturated carbocycles. The second-order valence-corrected chi connectivity index (χ2v) is 4.26. The topological polar surface area (TPSA) is 60.6 Å². The molecule has 5 nitrogen and oxygen atoms in total. The Morgan fingerprint density at radius 3 is 2.52 bits per heavy atom. The van der Waals surface area contributed by atoms with Crippen molar-refractivity contribution in [3.05, 3.63) is 47.3 Å². The molecule has 0 aliphatic carbocycles. The van der Waals surface area contributed by atoms with E-state index in [1.807, 2.05) is 30.6 Å². The highest BCUT2D eigenvalue weighted by molar-refractivity contribution is 5.98. The van der Waals surface area contributed by atoms with Crippen molar-refractivity contribution in [2.45, 2.75) is 0 Å². The lowest BCUT2D eigenvalue weighted by Crippen LogP contribution is -2.07. The van der Waals surface area contributed by atoms with Gasteiger partial charge in [0.05, 0.1) is 21.3 Å². The van der Waals surface area contributed by atoms with Crippen LogP contribution in [0.15, 0.2) is 30.6 Å². The van der Waals surface area contributed by atoms with Gasteiger partial charge in [-0.25, -0.2) is 4.79 Å². The summed E-state index contributed by atoms with van der Waals surface area (Å²) in [5, 5.41) is 0. The first-order valence-electron chi connectivity index (χ1n) is 6.34. The predicted octanol–water partition coefficient (Wildman–Crippen LogP) is 2.99. The SMILES string of the molecule is COC(=O)c1c(C=Cc2cc[nH]c2)cc(OC)cc1OC. The number of ether oxygens (including phenoxy) is 3. The van der Waals surface area contributed by atoms with Gasteiger partial charge in [0.1, 0.15) is 17.1 Å². The number of nitrogens with one attached hydrogen (secondary N) is 1. The molecule has 0 unspecified atom stereocenters. The Hall–Kier alpha value is -2.69. The molecule has 1 aromatic heterocycles. The molecular weight excluding hydrogens is 270 g/mol. The van der Waals surface area contributed by atoms with Crippen LogP contribution in [-0.4, -0.2) is 32.3 Å². The summed E-state index contributed by atoms with van der Waals surface area (Å²) in [7, 11) is 4.40. The van der Waals surface area contributed by atoms with Gasteiger partial charge in [0.2, 0.25) is 0 Å². The number of carbonyl (C=O) groups excluding carboxylic acids is 1. The second kappa shape index (κ2) is 6.65. The number of aromatic nitrogens is 1. The molecular formula is C16H17NO4. The zero-order valence-corrected chi connectivity index (χ0v) is 12.2. The number of carbonyl (C=O) groups is 1. The van der Waals surface area contributed by atoms with Crippen LogP contribution in [0.2, 0.25) is 0 Å². The Morgan fingerprint density at radius 1 is 1.14 bits per heavy atom. The van der Waals surface area contributed by atoms with Crippen molar-refractivity contribution >= 4 is 18.1 Å². The van der Waals surface area contributed by atoms with E-state index in [2.05, 4.69) is 4.98 Å². The van der Waals surface area contributed by atoms with Crippen LogP contribution in [0, 0.1) is 0 Å². The standard InChI is InChI=1S/C16H17NO4/c1-19-13-8-12(5-4-11-6-7-17-10-11)15(16(18)21-3)14(9-13)20-2/h4-10,17H,1-3H3. The molecule has 1 heterocycles. The van der Waals surface area contributed by atoms with E-state index in [4.69, 9.17) is 14.2 Å². The normalized spacial score (nSPS) is 10.6. The number of H-pyrrole nitrogens is 1. The van der Waals surface area contributed by atoms with E-state index in [-0.39, 0.29) is 0 Å². The minimum absolute atomic E-state index is 0.368. The molecule has 5 heteroatoms. The van der Waals surface area contributed by atoms with Crippen molar-refractivity contribution in [1.29, 1.82) is 0 Å². The molecule has 0 saturated heterocycles. The maximum Gasteiger partial charge on any atom is 0.342 e. The van der Waals surface area contributed by atoms with Gasteiger partial charge in [-0.15, -0.1) is 0 Å². The molecule has 0 fully saturated rings. The molecule has 0 spiro atoms. The van der Waals surface area contributed by atoms with Gasteiger partial charge in [-0.3, -0.25) is 0 Å². The Labute approximate surface area is 123 Å². The van der Waals surface area contributed by atoms with Crippen molar-refractivity contribution < 1.29 is 19.0 Å². The summed E-state index contributed by atoms with van der Waals surface area (Å²) in [6.45, 7) is 0. The summed E-state index contributed by atoms with van der Waals surface area (Å²) in [5.41, 5.74) is 2.03. The number of rotatable bonds is 5. The van der Waals surface area contributed by atoms with Crippen molar-refractivity contribution in [3.8, 4) is 11.5 Å². The quantitative estimate of drug-likeness (QED) is 0.859. The van der Waals surface area contributed by atoms with Gasteiger partial charge in [0.15, 0.2) is 0 Å². The fraction of sp³-hybridized carbons (Fsp3) is 0.188. The number of aromatic amines is 1. The third kappa shape index (κ3) is 3.25. The van der Waals surface area contributed by atoms with Crippen LogP contribution in [0.3, 0.4) is 0 Å². The molecule has 0 radical (unpaired) electrons. The van der Waals surface area contributed by atoms with Gasteiger partial charge < -0.3 is 19.2 Å². The van der Waals surface area contributed by atoms with Crippen LogP contribution in [0.25, 0.3) is 12.2 Å². The lowest BCUT2D eigenvalue weighted by Gasteiger charge is -2.12. The van der Waals surface area contributed by atoms with Crippen LogP contribution in [0.1, 0.15) is 21.5 Å². The Morgan fingerprint density at radius 2 is 1.95 bits per heavy atom. The Kier molecular flexibility index (Phi) is 4.66. The highest BCUT2D eigenvalue weighted by atomic mass is 16.5. The average Bonchev–Trinajstić information content (AvgIpc) is 3.04. The fourth-order valence-electron chi connectivity index (χ4n) is 1.97. The fourth-order valence-corrected chi connectivity index (χ4v) is 1.97. The number of esters is 1. The summed E-state index contributed by atoms with van der Waals surface area (Å²) in [6.07, 6.45) is 7.39. The summed E-state index contributed by atoms with van der Waals surface area (Å²) in [5.74, 6) is 0.561. The van der Waals surface area contributed by atoms with E-state index in [1.54, 1.807) is 19.2 Å². The van der Waals surface area contributed by atoms with Gasteiger partial charge in [-0.05, 0) is 23.3 Å². The summed E-state index contributed by atoms with van der Waals surface area (Å²) in [4.78, 5) is 15.0. The molecule has 0 atom stereocenters. The molecule has 0 bridgehead atoms. The molecule has 21 heavy (non-hydrogen) atoms. The van der Waals surface area contributed by atoms with Crippen molar-refractivity contribution in [2.24, 2.45) is 0 Å². The molecule has 0 amide bonds. The lowest BCUT2D eigenvalue weighted by molar-refractivity contribution is 0.0597. The number of benzene rings is 1. The van der Waals surface area contributed by atoms with Crippen molar-refractivity contribution in [2.75, 3.05) is 21.3 Å². The average molecular weight is 287 g/mol. The van der Waals surface area contributed by atoms with Crippen molar-refractivity contribution in [3.63, 3.8) is 0 Å². The largest absolute Gasteiger partial charge is 0.497 e. The molecule has 0 aliphatic heterocycles. The van der Waals surface area contributed by atoms with Gasteiger partial charge in [-0.1, -0.05) is 12.2 Å². The van der Waals surface area contributed by atoms with Gasteiger partial charge in [0.25, 0.3) is 0 Å². The Balaban J connectivity index is 2.52. The predicted molar refractivity (Wildman–Crippen MR) is 80.6 cm³/mol. The maximum absolute atomic E-state index is 12.0. The van der Waals surface area contributed by atoms with Crippen molar-refractivity contribution in [1.82, 2.24) is 4.98 Å². The summed E-state index contributed by atoms with van der Waals surface area (Å²) < 4.78 is 15.3. The molecule has 1 N–H and O–H groups in total. The number of methoxy groups -OCH3 is 3. The van der Waals surface area contributed by atoms with E-state index in [0.717, 1.165) is 5.56 Å². The number of hydrogen-bond donors (Lipinski definition) is 1. The van der Waals surface area contributed by atoms with Crippen LogP contribution in [0.4, 0.5) is 0 Å². The van der Waals surface area contributed by atoms with Crippen LogP contribution in [0.5, 0.6) is 11.5 Å². The molecule has 2 rings (SSSR count). The zero-order valence-electron chi connectivity index (χ0n) is 12.2. The second-order valence-electron chi connectivity index (χ2n) is 4.26. The van der Waals surface area contributed by atoms with E-state index in [0.29, 0.717) is 22.6 Å². The minimum atomic E-state index is -0.455. The lowest BCUT2D eigenvalue weighted by atomic mass is 10.0. The van der Waals surface area contributed by atoms with Gasteiger partial charge in [-0.2, -0.15) is 0 Å². The highest BCUT2D eigenvalue weighted by Gasteiger charge is 2.18. The van der Waals surface area contributed by atoms with Gasteiger partial charge in [0, 0.05) is 18.5 Å². The van der Waals surface area contributed by atoms with Gasteiger partial charge >= 0.3 is 5.97 Å². The molecule has 110 valence electrons. The minimum Gasteiger partial charge on any atom is -0.497 e. The third-order valence-corrected chi connectivity index (χ3v) is 3.03. The summed E-state index contributed by atoms with van der Waals surface area (Å²) in [6, 6.07) is 5.34. The van der Waals surface area contributed by atoms with E-state index >= 15 is 0 Å². The maximum atomic E-state index is 12.0. The van der Waals surface area contributed by atoms with E-state index in [9.17, 15) is 4.79 Å². The first-order chi connectivity index (χ1) is 10.2. The molecule has 2 aromatic rings. The van der Waals surface area contributed by atoms with Crippen LogP contribution in [-0.2, 0) is 4.74 Å². The zero-order chi connectivity index (χ0) is 15.2. The first kappa shape index (κ1) is 14.7. The monoisotopic (exact) mass is 287 g/mol. The summed E-state index contributed by atoms with van der Waals surface area (Å²) >= 11 is 0. The Bertz CT molecular complexity index is 645. The first-order valence-corrected chi connectivity index (χ1v) is 6.34.